The maximum absolute atomic E-state index is 13.5. The minimum atomic E-state index is -0.276. The molecule has 0 atom stereocenters. The molecule has 1 aliphatic rings. The van der Waals surface area contributed by atoms with E-state index in [1.54, 1.807) is 13.2 Å². The molecule has 130 valence electrons. The number of halogens is 1. The molecule has 0 spiro atoms. The molecule has 1 amide bonds. The Hall–Kier alpha value is -1.53. The van der Waals surface area contributed by atoms with Crippen LogP contribution in [0, 0.1) is 11.7 Å². The predicted octanol–water partition coefficient (Wildman–Crippen LogP) is 3.89. The van der Waals surface area contributed by atoms with Crippen molar-refractivity contribution >= 4 is 27.5 Å². The highest BCUT2D eigenvalue weighted by Crippen LogP contribution is 2.28. The number of carbonyl (C=O) groups excluding carboxylic acids is 1. The summed E-state index contributed by atoms with van der Waals surface area (Å²) in [5, 5.41) is 0. The Bertz CT molecular complexity index is 775. The van der Waals surface area contributed by atoms with Gasteiger partial charge in [0, 0.05) is 20.1 Å². The van der Waals surface area contributed by atoms with E-state index in [1.807, 2.05) is 4.57 Å². The van der Waals surface area contributed by atoms with Crippen LogP contribution in [0.5, 0.6) is 0 Å². The summed E-state index contributed by atoms with van der Waals surface area (Å²) in [5.74, 6) is 0.322. The Kier molecular flexibility index (Phi) is 5.79. The molecule has 1 fully saturated rings. The molecule has 0 bridgehead atoms. The number of thiazole rings is 1. The van der Waals surface area contributed by atoms with Gasteiger partial charge in [-0.3, -0.25) is 4.79 Å². The van der Waals surface area contributed by atoms with Gasteiger partial charge in [-0.2, -0.15) is 4.99 Å². The van der Waals surface area contributed by atoms with Gasteiger partial charge >= 0.3 is 0 Å². The first kappa shape index (κ1) is 17.3. The zero-order chi connectivity index (χ0) is 16.9. The molecule has 6 heteroatoms. The van der Waals surface area contributed by atoms with Gasteiger partial charge in [0.15, 0.2) is 4.80 Å². The fraction of sp³-hybridized carbons (Fsp3) is 0.556. The molecule has 0 unspecified atom stereocenters. The maximum Gasteiger partial charge on any atom is 0.248 e. The van der Waals surface area contributed by atoms with Crippen molar-refractivity contribution in [3.63, 3.8) is 0 Å². The maximum atomic E-state index is 13.5. The molecule has 1 saturated carbocycles. The van der Waals surface area contributed by atoms with Crippen LogP contribution in [0.2, 0.25) is 0 Å². The molecule has 0 saturated heterocycles. The van der Waals surface area contributed by atoms with Crippen LogP contribution in [0.3, 0.4) is 0 Å². The zero-order valence-corrected chi connectivity index (χ0v) is 14.8. The highest BCUT2D eigenvalue weighted by molar-refractivity contribution is 7.16. The van der Waals surface area contributed by atoms with E-state index < -0.39 is 0 Å². The van der Waals surface area contributed by atoms with Gasteiger partial charge in [-0.05, 0) is 30.5 Å². The molecular formula is C18H23FN2O2S. The molecular weight excluding hydrogens is 327 g/mol. The predicted molar refractivity (Wildman–Crippen MR) is 93.4 cm³/mol. The Morgan fingerprint density at radius 3 is 2.96 bits per heavy atom. The normalized spacial score (nSPS) is 16.3. The summed E-state index contributed by atoms with van der Waals surface area (Å²) in [5.41, 5.74) is 0.890. The minimum absolute atomic E-state index is 0.0832. The van der Waals surface area contributed by atoms with Gasteiger partial charge in [-0.15, -0.1) is 0 Å². The summed E-state index contributed by atoms with van der Waals surface area (Å²) >= 11 is 1.35. The number of methoxy groups -OCH3 is 1. The van der Waals surface area contributed by atoms with Gasteiger partial charge in [0.1, 0.15) is 5.82 Å². The average Bonchev–Trinajstić information content (AvgIpc) is 3.18. The van der Waals surface area contributed by atoms with Gasteiger partial charge in [0.25, 0.3) is 0 Å². The molecule has 0 radical (unpaired) electrons. The van der Waals surface area contributed by atoms with Crippen molar-refractivity contribution in [3.05, 3.63) is 28.8 Å². The zero-order valence-electron chi connectivity index (χ0n) is 14.0. The lowest BCUT2D eigenvalue weighted by Gasteiger charge is -2.06. The van der Waals surface area contributed by atoms with E-state index in [-0.39, 0.29) is 11.7 Å². The van der Waals surface area contributed by atoms with Crippen LogP contribution in [0.25, 0.3) is 10.2 Å². The van der Waals surface area contributed by atoms with Crippen LogP contribution < -0.4 is 4.80 Å². The lowest BCUT2D eigenvalue weighted by molar-refractivity contribution is -0.118. The quantitative estimate of drug-likeness (QED) is 0.793. The summed E-state index contributed by atoms with van der Waals surface area (Å²) in [6.07, 6.45) is 6.48. The van der Waals surface area contributed by atoms with Crippen molar-refractivity contribution in [1.82, 2.24) is 4.57 Å². The molecule has 0 aliphatic heterocycles. The minimum Gasteiger partial charge on any atom is -0.383 e. The first-order valence-corrected chi connectivity index (χ1v) is 9.34. The van der Waals surface area contributed by atoms with Crippen LogP contribution >= 0.6 is 11.3 Å². The van der Waals surface area contributed by atoms with E-state index in [0.717, 1.165) is 16.6 Å². The standard InChI is InChI=1S/C18H23FN2O2S/c1-23-11-10-21-15-8-7-14(19)12-16(15)24-18(21)20-17(22)9-6-13-4-2-3-5-13/h7-8,12-13H,2-6,9-11H2,1H3. The summed E-state index contributed by atoms with van der Waals surface area (Å²) in [6.45, 7) is 1.11. The molecule has 2 aromatic rings. The lowest BCUT2D eigenvalue weighted by Crippen LogP contribution is -2.19. The third-order valence-corrected chi connectivity index (χ3v) is 5.67. The number of aromatic nitrogens is 1. The number of fused-ring (bicyclic) bond motifs is 1. The number of carbonyl (C=O) groups is 1. The van der Waals surface area contributed by atoms with Crippen LogP contribution in [0.15, 0.2) is 23.2 Å². The van der Waals surface area contributed by atoms with E-state index in [9.17, 15) is 9.18 Å². The average molecular weight is 350 g/mol. The number of ether oxygens (including phenoxy) is 1. The second kappa shape index (κ2) is 8.03. The fourth-order valence-electron chi connectivity index (χ4n) is 3.32. The van der Waals surface area contributed by atoms with E-state index in [4.69, 9.17) is 4.74 Å². The number of amides is 1. The molecule has 1 heterocycles. The summed E-state index contributed by atoms with van der Waals surface area (Å²) in [7, 11) is 1.64. The topological polar surface area (TPSA) is 43.6 Å². The third kappa shape index (κ3) is 4.11. The molecule has 0 N–H and O–H groups in total. The van der Waals surface area contributed by atoms with Crippen LogP contribution in [-0.4, -0.2) is 24.2 Å². The largest absolute Gasteiger partial charge is 0.383 e. The van der Waals surface area contributed by atoms with Crippen LogP contribution in [0.1, 0.15) is 38.5 Å². The van der Waals surface area contributed by atoms with Gasteiger partial charge in [0.2, 0.25) is 5.91 Å². The summed E-state index contributed by atoms with van der Waals surface area (Å²) < 4.78 is 21.3. The van der Waals surface area contributed by atoms with Gasteiger partial charge in [0.05, 0.1) is 16.8 Å². The van der Waals surface area contributed by atoms with E-state index in [2.05, 4.69) is 4.99 Å². The van der Waals surface area contributed by atoms with Crippen molar-refractivity contribution < 1.29 is 13.9 Å². The number of benzene rings is 1. The van der Waals surface area contributed by atoms with E-state index in [1.165, 1.54) is 49.2 Å². The van der Waals surface area contributed by atoms with Crippen molar-refractivity contribution in [2.24, 2.45) is 10.9 Å². The van der Waals surface area contributed by atoms with Gasteiger partial charge in [-0.25, -0.2) is 4.39 Å². The number of hydrogen-bond donors (Lipinski definition) is 0. The van der Waals surface area contributed by atoms with E-state index >= 15 is 0 Å². The Labute approximate surface area is 145 Å². The Morgan fingerprint density at radius 1 is 1.42 bits per heavy atom. The molecule has 24 heavy (non-hydrogen) atoms. The highest BCUT2D eigenvalue weighted by atomic mass is 32.1. The van der Waals surface area contributed by atoms with Crippen molar-refractivity contribution in [1.29, 1.82) is 0 Å². The van der Waals surface area contributed by atoms with E-state index in [0.29, 0.717) is 30.3 Å². The van der Waals surface area contributed by atoms with Crippen molar-refractivity contribution in [2.45, 2.75) is 45.1 Å². The first-order chi connectivity index (χ1) is 11.7. The smallest absolute Gasteiger partial charge is 0.248 e. The van der Waals surface area contributed by atoms with Crippen molar-refractivity contribution in [3.8, 4) is 0 Å². The van der Waals surface area contributed by atoms with Gasteiger partial charge < -0.3 is 9.30 Å². The van der Waals surface area contributed by atoms with Gasteiger partial charge in [-0.1, -0.05) is 37.0 Å². The second-order valence-corrected chi connectivity index (χ2v) is 7.34. The molecule has 3 rings (SSSR count). The molecule has 4 nitrogen and oxygen atoms in total. The summed E-state index contributed by atoms with van der Waals surface area (Å²) in [4.78, 5) is 17.2. The SMILES string of the molecule is COCCn1c(=NC(=O)CCC2CCCC2)sc2cc(F)ccc21. The molecule has 1 aliphatic carbocycles. The highest BCUT2D eigenvalue weighted by Gasteiger charge is 2.16. The number of rotatable bonds is 6. The first-order valence-electron chi connectivity index (χ1n) is 8.53. The number of hydrogen-bond acceptors (Lipinski definition) is 3. The Balaban J connectivity index is 1.83. The fourth-order valence-corrected chi connectivity index (χ4v) is 4.42. The molecule has 1 aromatic heterocycles. The number of nitrogens with zero attached hydrogens (tertiary/aromatic N) is 2. The monoisotopic (exact) mass is 350 g/mol. The Morgan fingerprint density at radius 2 is 2.21 bits per heavy atom. The van der Waals surface area contributed by atoms with Crippen LogP contribution in [0.4, 0.5) is 4.39 Å². The van der Waals surface area contributed by atoms with Crippen molar-refractivity contribution in [2.75, 3.05) is 13.7 Å². The lowest BCUT2D eigenvalue weighted by atomic mass is 10.0. The third-order valence-electron chi connectivity index (χ3n) is 4.63. The second-order valence-electron chi connectivity index (χ2n) is 6.34. The van der Waals surface area contributed by atoms with Crippen LogP contribution in [-0.2, 0) is 16.1 Å². The molecule has 1 aromatic carbocycles. The summed E-state index contributed by atoms with van der Waals surface area (Å²) in [6, 6.07) is 4.66.